The Kier molecular flexibility index (Phi) is 4.11. The Morgan fingerprint density at radius 2 is 2.00 bits per heavy atom. The maximum absolute atomic E-state index is 5.63. The third-order valence-corrected chi connectivity index (χ3v) is 3.25. The van der Waals surface area contributed by atoms with Gasteiger partial charge in [-0.15, -0.1) is 5.10 Å². The van der Waals surface area contributed by atoms with E-state index in [9.17, 15) is 0 Å². The molecule has 0 aliphatic rings. The van der Waals surface area contributed by atoms with Crippen molar-refractivity contribution in [3.63, 3.8) is 0 Å². The summed E-state index contributed by atoms with van der Waals surface area (Å²) in [5.41, 5.74) is 8.95. The lowest BCUT2D eigenvalue weighted by Crippen LogP contribution is -2.22. The van der Waals surface area contributed by atoms with E-state index in [2.05, 4.69) is 53.3 Å². The summed E-state index contributed by atoms with van der Waals surface area (Å²) in [5, 5.41) is 11.6. The number of rotatable bonds is 5. The molecule has 0 radical (unpaired) electrons. The molecule has 0 aliphatic heterocycles. The molecule has 6 nitrogen and oxygen atoms in total. The number of anilines is 1. The van der Waals surface area contributed by atoms with Crippen LogP contribution in [0.3, 0.4) is 0 Å². The van der Waals surface area contributed by atoms with Crippen LogP contribution in [0, 0.1) is 6.92 Å². The van der Waals surface area contributed by atoms with Crippen molar-refractivity contribution in [2.24, 2.45) is 5.73 Å². The predicted octanol–water partition coefficient (Wildman–Crippen LogP) is 1.28. The minimum atomic E-state index is 0.324. The first-order valence-corrected chi connectivity index (χ1v) is 6.54. The Balaban J connectivity index is 2.39. The largest absolute Gasteiger partial charge is 0.372 e. The predicted molar refractivity (Wildman–Crippen MR) is 75.3 cm³/mol. The van der Waals surface area contributed by atoms with E-state index in [0.717, 1.165) is 24.3 Å². The van der Waals surface area contributed by atoms with Crippen LogP contribution >= 0.6 is 0 Å². The van der Waals surface area contributed by atoms with Gasteiger partial charge in [0.05, 0.1) is 12.2 Å². The number of hydrogen-bond acceptors (Lipinski definition) is 5. The molecule has 1 heterocycles. The Labute approximate surface area is 113 Å². The smallest absolute Gasteiger partial charge is 0.170 e. The van der Waals surface area contributed by atoms with E-state index in [1.165, 1.54) is 5.69 Å². The van der Waals surface area contributed by atoms with Gasteiger partial charge in [-0.05, 0) is 55.0 Å². The normalized spacial score (nSPS) is 10.7. The van der Waals surface area contributed by atoms with Crippen molar-refractivity contribution in [1.82, 2.24) is 20.2 Å². The summed E-state index contributed by atoms with van der Waals surface area (Å²) >= 11 is 0. The standard InChI is InChI=1S/C13H20N6/c1-4-18(5-2)11-6-7-12(10(3)8-11)19-13(9-14)15-16-17-19/h6-8H,4-5,9,14H2,1-3H3. The van der Waals surface area contributed by atoms with Crippen LogP contribution in [0.1, 0.15) is 25.2 Å². The second-order valence-corrected chi connectivity index (χ2v) is 4.35. The molecule has 0 unspecified atom stereocenters. The van der Waals surface area contributed by atoms with Crippen molar-refractivity contribution in [3.8, 4) is 5.69 Å². The molecule has 2 N–H and O–H groups in total. The number of tetrazole rings is 1. The van der Waals surface area contributed by atoms with E-state index in [-0.39, 0.29) is 0 Å². The third kappa shape index (κ3) is 2.58. The van der Waals surface area contributed by atoms with Gasteiger partial charge in [0.2, 0.25) is 0 Å². The fourth-order valence-corrected chi connectivity index (χ4v) is 2.18. The van der Waals surface area contributed by atoms with Crippen molar-refractivity contribution < 1.29 is 0 Å². The molecular weight excluding hydrogens is 240 g/mol. The maximum atomic E-state index is 5.63. The highest BCUT2D eigenvalue weighted by Gasteiger charge is 2.10. The van der Waals surface area contributed by atoms with Crippen LogP contribution in [0.15, 0.2) is 18.2 Å². The SMILES string of the molecule is CCN(CC)c1ccc(-n2nnnc2CN)c(C)c1. The zero-order valence-electron chi connectivity index (χ0n) is 11.7. The number of nitrogens with zero attached hydrogens (tertiary/aromatic N) is 5. The van der Waals surface area contributed by atoms with Gasteiger partial charge in [0, 0.05) is 18.8 Å². The van der Waals surface area contributed by atoms with Crippen LogP contribution in [0.2, 0.25) is 0 Å². The highest BCUT2D eigenvalue weighted by Crippen LogP contribution is 2.21. The monoisotopic (exact) mass is 260 g/mol. The Bertz CT molecular complexity index is 544. The lowest BCUT2D eigenvalue weighted by atomic mass is 10.1. The van der Waals surface area contributed by atoms with Crippen LogP contribution < -0.4 is 10.6 Å². The Morgan fingerprint density at radius 1 is 1.26 bits per heavy atom. The van der Waals surface area contributed by atoms with Gasteiger partial charge >= 0.3 is 0 Å². The minimum absolute atomic E-state index is 0.324. The fourth-order valence-electron chi connectivity index (χ4n) is 2.18. The molecule has 0 atom stereocenters. The number of aryl methyl sites for hydroxylation is 1. The van der Waals surface area contributed by atoms with Crippen molar-refractivity contribution in [1.29, 1.82) is 0 Å². The maximum Gasteiger partial charge on any atom is 0.170 e. The number of benzene rings is 1. The summed E-state index contributed by atoms with van der Waals surface area (Å²) < 4.78 is 1.70. The molecular formula is C13H20N6. The Morgan fingerprint density at radius 3 is 2.58 bits per heavy atom. The summed E-state index contributed by atoms with van der Waals surface area (Å²) in [6.45, 7) is 8.68. The van der Waals surface area contributed by atoms with Crippen LogP contribution in [0.5, 0.6) is 0 Å². The highest BCUT2D eigenvalue weighted by molar-refractivity contribution is 5.55. The van der Waals surface area contributed by atoms with E-state index in [4.69, 9.17) is 5.73 Å². The average Bonchev–Trinajstić information content (AvgIpc) is 2.88. The molecule has 19 heavy (non-hydrogen) atoms. The summed E-state index contributed by atoms with van der Waals surface area (Å²) in [6.07, 6.45) is 0. The van der Waals surface area contributed by atoms with Gasteiger partial charge in [-0.2, -0.15) is 4.68 Å². The third-order valence-electron chi connectivity index (χ3n) is 3.25. The van der Waals surface area contributed by atoms with Gasteiger partial charge in [0.1, 0.15) is 0 Å². The first-order valence-electron chi connectivity index (χ1n) is 6.54. The van der Waals surface area contributed by atoms with Crippen molar-refractivity contribution in [2.45, 2.75) is 27.3 Å². The van der Waals surface area contributed by atoms with Crippen molar-refractivity contribution in [3.05, 3.63) is 29.6 Å². The van der Waals surface area contributed by atoms with E-state index in [1.807, 2.05) is 6.07 Å². The average molecular weight is 260 g/mol. The molecule has 1 aromatic carbocycles. The number of nitrogens with two attached hydrogens (primary N) is 1. The quantitative estimate of drug-likeness (QED) is 0.876. The first kappa shape index (κ1) is 13.5. The Hall–Kier alpha value is -1.95. The van der Waals surface area contributed by atoms with Gasteiger partial charge in [-0.25, -0.2) is 0 Å². The molecule has 0 fully saturated rings. The van der Waals surface area contributed by atoms with E-state index in [1.54, 1.807) is 4.68 Å². The van der Waals surface area contributed by atoms with Crippen molar-refractivity contribution >= 4 is 5.69 Å². The van der Waals surface area contributed by atoms with Crippen LogP contribution in [-0.4, -0.2) is 33.3 Å². The molecule has 2 aromatic rings. The van der Waals surface area contributed by atoms with Crippen LogP contribution in [-0.2, 0) is 6.54 Å². The highest BCUT2D eigenvalue weighted by atomic mass is 15.5. The zero-order chi connectivity index (χ0) is 13.8. The molecule has 0 saturated carbocycles. The molecule has 0 aliphatic carbocycles. The summed E-state index contributed by atoms with van der Waals surface area (Å²) in [4.78, 5) is 2.31. The molecule has 2 rings (SSSR count). The molecule has 1 aromatic heterocycles. The summed E-state index contributed by atoms with van der Waals surface area (Å²) in [5.74, 6) is 0.665. The molecule has 6 heteroatoms. The fraction of sp³-hybridized carbons (Fsp3) is 0.462. The lowest BCUT2D eigenvalue weighted by molar-refractivity contribution is 0.756. The molecule has 0 spiro atoms. The second-order valence-electron chi connectivity index (χ2n) is 4.35. The molecule has 0 bridgehead atoms. The molecule has 102 valence electrons. The minimum Gasteiger partial charge on any atom is -0.372 e. The number of hydrogen-bond donors (Lipinski definition) is 1. The molecule has 0 amide bonds. The summed E-state index contributed by atoms with van der Waals surface area (Å²) in [6, 6.07) is 6.29. The van der Waals surface area contributed by atoms with E-state index >= 15 is 0 Å². The van der Waals surface area contributed by atoms with Crippen LogP contribution in [0.4, 0.5) is 5.69 Å². The second kappa shape index (κ2) is 5.79. The lowest BCUT2D eigenvalue weighted by Gasteiger charge is -2.22. The van der Waals surface area contributed by atoms with Gasteiger partial charge in [0.15, 0.2) is 5.82 Å². The van der Waals surface area contributed by atoms with Crippen molar-refractivity contribution in [2.75, 3.05) is 18.0 Å². The van der Waals surface area contributed by atoms with E-state index in [0.29, 0.717) is 12.4 Å². The van der Waals surface area contributed by atoms with Crippen LogP contribution in [0.25, 0.3) is 5.69 Å². The molecule has 0 saturated heterocycles. The number of aromatic nitrogens is 4. The van der Waals surface area contributed by atoms with Gasteiger partial charge in [-0.1, -0.05) is 0 Å². The zero-order valence-corrected chi connectivity index (χ0v) is 11.7. The van der Waals surface area contributed by atoms with Gasteiger partial charge < -0.3 is 10.6 Å². The topological polar surface area (TPSA) is 72.9 Å². The summed E-state index contributed by atoms with van der Waals surface area (Å²) in [7, 11) is 0. The first-order chi connectivity index (χ1) is 9.21. The van der Waals surface area contributed by atoms with Gasteiger partial charge in [0.25, 0.3) is 0 Å². The van der Waals surface area contributed by atoms with E-state index < -0.39 is 0 Å². The van der Waals surface area contributed by atoms with Gasteiger partial charge in [-0.3, -0.25) is 0 Å².